The molecule has 0 aliphatic carbocycles. The largest absolute Gasteiger partial charge is 0.493 e. The van der Waals surface area contributed by atoms with E-state index in [-0.39, 0.29) is 18.7 Å². The van der Waals surface area contributed by atoms with E-state index in [0.717, 1.165) is 61.4 Å². The predicted octanol–water partition coefficient (Wildman–Crippen LogP) is 6.64. The maximum absolute atomic E-state index is 10.4. The lowest BCUT2D eigenvalue weighted by molar-refractivity contribution is 0.219. The summed E-state index contributed by atoms with van der Waals surface area (Å²) in [5.41, 5.74) is 7.91. The zero-order valence-corrected chi connectivity index (χ0v) is 25.9. The van der Waals surface area contributed by atoms with Crippen LogP contribution in [0.2, 0.25) is 0 Å². The number of ether oxygens (including phenoxy) is 4. The summed E-state index contributed by atoms with van der Waals surface area (Å²) in [7, 11) is 7.70. The highest BCUT2D eigenvalue weighted by atomic mass is 16.5. The first-order valence-corrected chi connectivity index (χ1v) is 15.4. The Balaban J connectivity index is 1.46. The van der Waals surface area contributed by atoms with Gasteiger partial charge in [-0.15, -0.1) is 0 Å². The molecule has 0 amide bonds. The van der Waals surface area contributed by atoms with Gasteiger partial charge in [-0.05, 0) is 110 Å². The Morgan fingerprint density at radius 1 is 0.773 bits per heavy atom. The van der Waals surface area contributed by atoms with Crippen LogP contribution in [0, 0.1) is 0 Å². The van der Waals surface area contributed by atoms with Gasteiger partial charge in [0, 0.05) is 36.3 Å². The normalized spacial score (nSPS) is 19.7. The molecule has 7 nitrogen and oxygen atoms in total. The molecule has 228 valence electrons. The van der Waals surface area contributed by atoms with Crippen LogP contribution in [0.1, 0.15) is 51.0 Å². The highest BCUT2D eigenvalue weighted by Crippen LogP contribution is 2.49. The third-order valence-corrected chi connectivity index (χ3v) is 9.59. The molecule has 0 saturated carbocycles. The number of benzene rings is 4. The van der Waals surface area contributed by atoms with Crippen molar-refractivity contribution in [2.45, 2.75) is 44.4 Å². The van der Waals surface area contributed by atoms with E-state index < -0.39 is 0 Å². The maximum atomic E-state index is 10.4. The Kier molecular flexibility index (Phi) is 7.70. The summed E-state index contributed by atoms with van der Waals surface area (Å²) < 4.78 is 25.3. The average Bonchev–Trinajstić information content (AvgIpc) is 3.04. The van der Waals surface area contributed by atoms with Crippen molar-refractivity contribution in [3.05, 3.63) is 106 Å². The van der Waals surface area contributed by atoms with Crippen LogP contribution >= 0.6 is 0 Å². The number of rotatable bonds is 3. The number of methoxy groups -OCH3 is 2. The summed E-state index contributed by atoms with van der Waals surface area (Å²) in [6, 6.07) is 23.4. The minimum absolute atomic E-state index is 0.0419. The van der Waals surface area contributed by atoms with Crippen LogP contribution in [-0.2, 0) is 32.3 Å². The molecule has 0 fully saturated rings. The van der Waals surface area contributed by atoms with E-state index in [4.69, 9.17) is 18.9 Å². The third-order valence-electron chi connectivity index (χ3n) is 9.59. The van der Waals surface area contributed by atoms with Crippen LogP contribution in [-0.4, -0.2) is 56.3 Å². The molecule has 4 heterocycles. The van der Waals surface area contributed by atoms with Crippen molar-refractivity contribution in [2.75, 3.05) is 41.4 Å². The Bertz CT molecular complexity index is 1680. The smallest absolute Gasteiger partial charge is 0.174 e. The molecule has 8 rings (SSSR count). The van der Waals surface area contributed by atoms with Gasteiger partial charge in [0.1, 0.15) is 11.5 Å². The van der Waals surface area contributed by atoms with Gasteiger partial charge in [-0.3, -0.25) is 9.80 Å². The zero-order chi connectivity index (χ0) is 30.4. The van der Waals surface area contributed by atoms with E-state index in [9.17, 15) is 5.11 Å². The maximum Gasteiger partial charge on any atom is 0.174 e. The van der Waals surface area contributed by atoms with E-state index in [1.165, 1.54) is 27.8 Å². The lowest BCUT2D eigenvalue weighted by atomic mass is 9.86. The molecule has 0 radical (unpaired) electrons. The number of hydrogen-bond donors (Lipinski definition) is 1. The summed E-state index contributed by atoms with van der Waals surface area (Å²) in [4.78, 5) is 4.81. The molecule has 7 heteroatoms. The van der Waals surface area contributed by atoms with Gasteiger partial charge in [0.15, 0.2) is 23.0 Å². The average molecular weight is 593 g/mol. The molecule has 0 saturated heterocycles. The quantitative estimate of drug-likeness (QED) is 0.286. The molecule has 0 spiro atoms. The second-order valence-corrected chi connectivity index (χ2v) is 12.2. The second-order valence-electron chi connectivity index (χ2n) is 12.2. The highest BCUT2D eigenvalue weighted by molar-refractivity contribution is 5.61. The molecule has 4 aromatic carbocycles. The van der Waals surface area contributed by atoms with Crippen LogP contribution in [0.5, 0.6) is 34.5 Å². The number of hydrogen-bond acceptors (Lipinski definition) is 7. The van der Waals surface area contributed by atoms with Gasteiger partial charge in [0.25, 0.3) is 0 Å². The number of likely N-dealkylation sites (N-methyl/N-ethyl adjacent to an activating group) is 2. The van der Waals surface area contributed by atoms with Crippen molar-refractivity contribution in [1.82, 2.24) is 9.80 Å². The van der Waals surface area contributed by atoms with E-state index >= 15 is 0 Å². The standard InChI is InChI=1S/C37H40N2O5/c1-38-14-12-25-20-33(41-3)34-21-30(25)31(38)18-24-6-5-7-29(16-24)43-28-10-8-23(9-11-28)17-32-35-26(13-15-39(32)2)19-27(22-40)36(42-4)37(35)44-34/h5-11,16,19-21,31-32,40H,12-15,17-18,22H2,1-4H3/t31-,32+/m1/s1. The van der Waals surface area contributed by atoms with Gasteiger partial charge in [-0.1, -0.05) is 24.3 Å². The Morgan fingerprint density at radius 2 is 1.52 bits per heavy atom. The van der Waals surface area contributed by atoms with Crippen LogP contribution in [0.4, 0.5) is 0 Å². The minimum atomic E-state index is -0.137. The lowest BCUT2D eigenvalue weighted by Crippen LogP contribution is -2.34. The summed E-state index contributed by atoms with van der Waals surface area (Å²) in [6.07, 6.45) is 3.40. The molecule has 4 aromatic rings. The number of nitrogens with zero attached hydrogens (tertiary/aromatic N) is 2. The fourth-order valence-electron chi connectivity index (χ4n) is 7.17. The van der Waals surface area contributed by atoms with E-state index in [1.807, 2.05) is 6.07 Å². The van der Waals surface area contributed by atoms with Gasteiger partial charge in [0.2, 0.25) is 0 Å². The second kappa shape index (κ2) is 11.8. The number of aliphatic hydroxyl groups excluding tert-OH is 1. The predicted molar refractivity (Wildman–Crippen MR) is 171 cm³/mol. The van der Waals surface area contributed by atoms with Crippen molar-refractivity contribution in [3.63, 3.8) is 0 Å². The number of aliphatic hydroxyl groups is 1. The first-order valence-electron chi connectivity index (χ1n) is 15.4. The Labute approximate surface area is 259 Å². The summed E-state index contributed by atoms with van der Waals surface area (Å²) in [6.45, 7) is 1.72. The van der Waals surface area contributed by atoms with E-state index in [0.29, 0.717) is 23.0 Å². The van der Waals surface area contributed by atoms with Gasteiger partial charge in [-0.2, -0.15) is 0 Å². The van der Waals surface area contributed by atoms with Gasteiger partial charge in [-0.25, -0.2) is 0 Å². The summed E-state index contributed by atoms with van der Waals surface area (Å²) in [5.74, 6) is 4.22. The fourth-order valence-corrected chi connectivity index (χ4v) is 7.17. The summed E-state index contributed by atoms with van der Waals surface area (Å²) >= 11 is 0. The molecule has 1 N–H and O–H groups in total. The molecule has 0 aromatic heterocycles. The topological polar surface area (TPSA) is 63.6 Å². The van der Waals surface area contributed by atoms with Gasteiger partial charge < -0.3 is 24.1 Å². The molecule has 6 bridgehead atoms. The molecular formula is C37H40N2O5. The van der Waals surface area contributed by atoms with Crippen LogP contribution in [0.15, 0.2) is 66.7 Å². The monoisotopic (exact) mass is 592 g/mol. The molecular weight excluding hydrogens is 552 g/mol. The Morgan fingerprint density at radius 3 is 2.27 bits per heavy atom. The Hall–Kier alpha value is -4.04. The van der Waals surface area contributed by atoms with Crippen molar-refractivity contribution >= 4 is 0 Å². The number of fused-ring (bicyclic) bond motifs is 2. The van der Waals surface area contributed by atoms with Crippen LogP contribution < -0.4 is 18.9 Å². The summed E-state index contributed by atoms with van der Waals surface area (Å²) in [5, 5.41) is 10.4. The fraction of sp³-hybridized carbons (Fsp3) is 0.351. The third kappa shape index (κ3) is 5.19. The van der Waals surface area contributed by atoms with Crippen molar-refractivity contribution in [1.29, 1.82) is 0 Å². The van der Waals surface area contributed by atoms with Crippen molar-refractivity contribution in [3.8, 4) is 34.5 Å². The first kappa shape index (κ1) is 28.7. The van der Waals surface area contributed by atoms with Gasteiger partial charge in [0.05, 0.1) is 20.8 Å². The van der Waals surface area contributed by atoms with E-state index in [1.54, 1.807) is 14.2 Å². The molecule has 4 aliphatic heterocycles. The van der Waals surface area contributed by atoms with Crippen LogP contribution in [0.25, 0.3) is 0 Å². The van der Waals surface area contributed by atoms with Crippen LogP contribution in [0.3, 0.4) is 0 Å². The molecule has 4 aliphatic rings. The van der Waals surface area contributed by atoms with E-state index in [2.05, 4.69) is 84.6 Å². The molecule has 2 atom stereocenters. The molecule has 44 heavy (non-hydrogen) atoms. The van der Waals surface area contributed by atoms with Gasteiger partial charge >= 0.3 is 0 Å². The van der Waals surface area contributed by atoms with Crippen molar-refractivity contribution in [2.24, 2.45) is 0 Å². The zero-order valence-electron chi connectivity index (χ0n) is 25.9. The van der Waals surface area contributed by atoms with Crippen molar-refractivity contribution < 1.29 is 24.1 Å². The molecule has 0 unspecified atom stereocenters. The highest BCUT2D eigenvalue weighted by Gasteiger charge is 2.34. The lowest BCUT2D eigenvalue weighted by Gasteiger charge is -2.37. The first-order chi connectivity index (χ1) is 21.4. The minimum Gasteiger partial charge on any atom is -0.493 e. The SMILES string of the molecule is COc1cc2c3cc1Oc1c(OC)c(CO)cc4c1[C@H](Cc1ccc(cc1)Oc1cccc(c1)C[C@H]3N(C)CC2)N(C)CC4.